The number of aromatic nitrogens is 5. The third-order valence-electron chi connectivity index (χ3n) is 12.6. The van der Waals surface area contributed by atoms with Gasteiger partial charge in [0, 0.05) is 27.1 Å². The van der Waals surface area contributed by atoms with Crippen LogP contribution in [0.5, 0.6) is 0 Å². The molecule has 0 atom stereocenters. The monoisotopic (exact) mass is 789 g/mol. The standard InChI is InChI=1S/C57H35N5/c1-3-15-36(16-4-1)38-27-31-48-49-32-28-39(37-17-5-2-6-18-37)35-54(49)62(53(48)34-38)57-59-55(58-56(60-57)61-51-25-13-11-23-46(51)47-24-12-14-26-52(47)61)40-29-30-45-43-21-8-7-19-41(43)42-20-9-10-22-44(42)50(45)33-40/h1-35H. The average molecular weight is 790 g/mol. The summed E-state index contributed by atoms with van der Waals surface area (Å²) in [6.07, 6.45) is 0. The lowest BCUT2D eigenvalue weighted by atomic mass is 9.93. The third-order valence-corrected chi connectivity index (χ3v) is 12.6. The fraction of sp³-hybridized carbons (Fsp3) is 0. The average Bonchev–Trinajstić information content (AvgIpc) is 3.86. The van der Waals surface area contributed by atoms with Crippen molar-refractivity contribution in [2.45, 2.75) is 0 Å². The molecule has 0 unspecified atom stereocenters. The summed E-state index contributed by atoms with van der Waals surface area (Å²) in [5.74, 6) is 1.70. The highest BCUT2D eigenvalue weighted by Crippen LogP contribution is 2.40. The Morgan fingerprint density at radius 2 is 0.581 bits per heavy atom. The summed E-state index contributed by atoms with van der Waals surface area (Å²) in [4.78, 5) is 16.4. The molecule has 5 heteroatoms. The van der Waals surface area contributed by atoms with Crippen LogP contribution in [-0.2, 0) is 0 Å². The van der Waals surface area contributed by atoms with Gasteiger partial charge < -0.3 is 0 Å². The van der Waals surface area contributed by atoms with Gasteiger partial charge in [0.2, 0.25) is 11.9 Å². The number of para-hydroxylation sites is 2. The van der Waals surface area contributed by atoms with E-state index in [1.54, 1.807) is 0 Å². The van der Waals surface area contributed by atoms with Crippen LogP contribution in [-0.4, -0.2) is 24.1 Å². The van der Waals surface area contributed by atoms with Crippen molar-refractivity contribution in [3.05, 3.63) is 212 Å². The third kappa shape index (κ3) is 5.25. The van der Waals surface area contributed by atoms with Gasteiger partial charge in [-0.15, -0.1) is 0 Å². The molecule has 0 bridgehead atoms. The second kappa shape index (κ2) is 13.6. The SMILES string of the molecule is c1ccc(-c2ccc3c4ccc(-c5ccccc5)cc4n(-c4nc(-c5ccc6c7ccccc7c7ccccc7c6c5)nc(-n5c6ccccc6c6ccccc65)n4)c3c2)cc1. The first-order chi connectivity index (χ1) is 30.7. The van der Waals surface area contributed by atoms with Gasteiger partial charge in [0.15, 0.2) is 5.82 Å². The molecular formula is C57H35N5. The van der Waals surface area contributed by atoms with Crippen LogP contribution in [0.1, 0.15) is 0 Å². The van der Waals surface area contributed by atoms with Crippen LogP contribution >= 0.6 is 0 Å². The fourth-order valence-electron chi connectivity index (χ4n) is 9.72. The molecule has 3 heterocycles. The Morgan fingerprint density at radius 3 is 1.08 bits per heavy atom. The van der Waals surface area contributed by atoms with Gasteiger partial charge in [-0.25, -0.2) is 0 Å². The Hall–Kier alpha value is -8.41. The smallest absolute Gasteiger partial charge is 0.240 e. The van der Waals surface area contributed by atoms with Gasteiger partial charge in [-0.05, 0) is 84.9 Å². The minimum Gasteiger partial charge on any atom is -0.278 e. The minimum atomic E-state index is 0.547. The summed E-state index contributed by atoms with van der Waals surface area (Å²) in [5, 5.41) is 11.8. The maximum absolute atomic E-state index is 5.51. The molecule has 0 aliphatic rings. The molecule has 0 N–H and O–H groups in total. The van der Waals surface area contributed by atoms with Crippen LogP contribution in [0.3, 0.4) is 0 Å². The molecular weight excluding hydrogens is 755 g/mol. The van der Waals surface area contributed by atoms with Crippen LogP contribution in [0, 0.1) is 0 Å². The van der Waals surface area contributed by atoms with Crippen LogP contribution in [0.2, 0.25) is 0 Å². The van der Waals surface area contributed by atoms with Crippen LogP contribution in [0.25, 0.3) is 121 Å². The molecule has 5 nitrogen and oxygen atoms in total. The van der Waals surface area contributed by atoms with E-state index >= 15 is 0 Å². The van der Waals surface area contributed by atoms with Gasteiger partial charge in [0.05, 0.1) is 22.1 Å². The largest absolute Gasteiger partial charge is 0.278 e. The van der Waals surface area contributed by atoms with Crippen molar-refractivity contribution in [2.24, 2.45) is 0 Å². The van der Waals surface area contributed by atoms with E-state index in [-0.39, 0.29) is 0 Å². The lowest BCUT2D eigenvalue weighted by molar-refractivity contribution is 0.893. The second-order valence-corrected chi connectivity index (χ2v) is 16.0. The summed E-state index contributed by atoms with van der Waals surface area (Å²) in [6.45, 7) is 0. The molecule has 0 spiro atoms. The molecule has 0 saturated heterocycles. The van der Waals surface area contributed by atoms with E-state index in [0.717, 1.165) is 76.8 Å². The molecule has 13 aromatic rings. The summed E-state index contributed by atoms with van der Waals surface area (Å²) in [7, 11) is 0. The van der Waals surface area contributed by atoms with Crippen molar-refractivity contribution in [1.82, 2.24) is 24.1 Å². The van der Waals surface area contributed by atoms with E-state index in [1.165, 1.54) is 26.9 Å². The van der Waals surface area contributed by atoms with E-state index in [2.05, 4.69) is 221 Å². The highest BCUT2D eigenvalue weighted by molar-refractivity contribution is 6.25. The Kier molecular flexibility index (Phi) is 7.54. The molecule has 13 rings (SSSR count). The van der Waals surface area contributed by atoms with Crippen LogP contribution < -0.4 is 0 Å². The quantitative estimate of drug-likeness (QED) is 0.163. The summed E-state index contributed by atoms with van der Waals surface area (Å²) >= 11 is 0. The summed E-state index contributed by atoms with van der Waals surface area (Å²) in [5.41, 5.74) is 9.57. The Balaban J connectivity index is 1.15. The first-order valence-corrected chi connectivity index (χ1v) is 21.0. The fourth-order valence-corrected chi connectivity index (χ4v) is 9.72. The van der Waals surface area contributed by atoms with E-state index < -0.39 is 0 Å². The topological polar surface area (TPSA) is 48.5 Å². The number of hydrogen-bond donors (Lipinski definition) is 0. The zero-order valence-corrected chi connectivity index (χ0v) is 33.4. The van der Waals surface area contributed by atoms with Crippen LogP contribution in [0.4, 0.5) is 0 Å². The number of hydrogen-bond acceptors (Lipinski definition) is 3. The summed E-state index contributed by atoms with van der Waals surface area (Å²) < 4.78 is 4.44. The van der Waals surface area contributed by atoms with Gasteiger partial charge in [-0.1, -0.05) is 182 Å². The second-order valence-electron chi connectivity index (χ2n) is 16.0. The van der Waals surface area contributed by atoms with Gasteiger partial charge >= 0.3 is 0 Å². The lowest BCUT2D eigenvalue weighted by Gasteiger charge is -2.14. The van der Waals surface area contributed by atoms with E-state index in [4.69, 9.17) is 15.0 Å². The number of benzene rings is 10. The highest BCUT2D eigenvalue weighted by atomic mass is 15.3. The van der Waals surface area contributed by atoms with E-state index in [0.29, 0.717) is 17.7 Å². The van der Waals surface area contributed by atoms with E-state index in [9.17, 15) is 0 Å². The van der Waals surface area contributed by atoms with Crippen molar-refractivity contribution in [1.29, 1.82) is 0 Å². The van der Waals surface area contributed by atoms with Gasteiger partial charge in [0.1, 0.15) is 0 Å². The zero-order chi connectivity index (χ0) is 40.7. The molecule has 0 amide bonds. The Labute approximate surface area is 356 Å². The van der Waals surface area contributed by atoms with Gasteiger partial charge in [0.25, 0.3) is 0 Å². The summed E-state index contributed by atoms with van der Waals surface area (Å²) in [6, 6.07) is 75.7. The van der Waals surface area contributed by atoms with E-state index in [1.807, 2.05) is 0 Å². The maximum Gasteiger partial charge on any atom is 0.240 e. The number of fused-ring (bicyclic) bond motifs is 12. The van der Waals surface area contributed by atoms with Crippen molar-refractivity contribution >= 4 is 75.9 Å². The molecule has 10 aromatic carbocycles. The molecule has 0 radical (unpaired) electrons. The zero-order valence-electron chi connectivity index (χ0n) is 33.4. The highest BCUT2D eigenvalue weighted by Gasteiger charge is 2.22. The molecule has 0 aliphatic heterocycles. The van der Waals surface area contributed by atoms with Crippen LogP contribution in [0.15, 0.2) is 212 Å². The van der Waals surface area contributed by atoms with Crippen molar-refractivity contribution < 1.29 is 0 Å². The Bertz CT molecular complexity index is 3730. The molecule has 0 saturated carbocycles. The van der Waals surface area contributed by atoms with Crippen molar-refractivity contribution in [2.75, 3.05) is 0 Å². The predicted octanol–water partition coefficient (Wildman–Crippen LogP) is 14.5. The lowest BCUT2D eigenvalue weighted by Crippen LogP contribution is -2.10. The normalized spacial score (nSPS) is 11.9. The minimum absolute atomic E-state index is 0.547. The Morgan fingerprint density at radius 1 is 0.226 bits per heavy atom. The molecule has 0 aliphatic carbocycles. The van der Waals surface area contributed by atoms with Crippen molar-refractivity contribution in [3.8, 4) is 45.5 Å². The maximum atomic E-state index is 5.51. The number of nitrogens with zero attached hydrogens (tertiary/aromatic N) is 5. The first kappa shape index (κ1) is 34.5. The molecule has 0 fully saturated rings. The van der Waals surface area contributed by atoms with Gasteiger partial charge in [-0.3, -0.25) is 9.13 Å². The predicted molar refractivity (Wildman–Crippen MR) is 257 cm³/mol. The number of rotatable bonds is 5. The van der Waals surface area contributed by atoms with Crippen molar-refractivity contribution in [3.63, 3.8) is 0 Å². The molecule has 62 heavy (non-hydrogen) atoms. The van der Waals surface area contributed by atoms with Gasteiger partial charge in [-0.2, -0.15) is 15.0 Å². The first-order valence-electron chi connectivity index (χ1n) is 21.0. The molecule has 3 aromatic heterocycles. The molecule has 288 valence electrons.